The first-order valence-corrected chi connectivity index (χ1v) is 14.4. The molecule has 0 fully saturated rings. The predicted octanol–water partition coefficient (Wildman–Crippen LogP) is 6.33. The van der Waals surface area contributed by atoms with E-state index in [4.69, 9.17) is 37.4 Å². The second kappa shape index (κ2) is 11.7. The zero-order valence-corrected chi connectivity index (χ0v) is 23.5. The lowest BCUT2D eigenvalue weighted by Crippen LogP contribution is -2.43. The summed E-state index contributed by atoms with van der Waals surface area (Å²) in [5.41, 5.74) is 1.05. The third-order valence-corrected chi connectivity index (χ3v) is 8.11. The lowest BCUT2D eigenvalue weighted by Gasteiger charge is -2.27. The number of anilines is 1. The van der Waals surface area contributed by atoms with Gasteiger partial charge in [0.05, 0.1) is 34.3 Å². The van der Waals surface area contributed by atoms with Gasteiger partial charge in [0.1, 0.15) is 18.1 Å². The summed E-state index contributed by atoms with van der Waals surface area (Å²) < 4.78 is 45.8. The van der Waals surface area contributed by atoms with Crippen molar-refractivity contribution in [3.05, 3.63) is 106 Å². The molecule has 0 saturated heterocycles. The van der Waals surface area contributed by atoms with Crippen LogP contribution in [0.5, 0.6) is 23.0 Å². The number of ether oxygens (including phenoxy) is 3. The van der Waals surface area contributed by atoms with Crippen molar-refractivity contribution in [3.63, 3.8) is 0 Å². The number of nitrogens with one attached hydrogen (secondary N) is 2. The molecule has 2 N–H and O–H groups in total. The first kappa shape index (κ1) is 27.6. The second-order valence-electron chi connectivity index (χ2n) is 8.93. The van der Waals surface area contributed by atoms with Crippen LogP contribution in [0.15, 0.2) is 89.8 Å². The van der Waals surface area contributed by atoms with Crippen LogP contribution in [0.3, 0.4) is 0 Å². The summed E-state index contributed by atoms with van der Waals surface area (Å²) in [6, 6.07) is 22.4. The normalized spacial score (nSPS) is 14.4. The Morgan fingerprint density at radius 1 is 0.950 bits per heavy atom. The highest BCUT2D eigenvalue weighted by Gasteiger charge is 2.26. The second-order valence-corrected chi connectivity index (χ2v) is 11.5. The SMILES string of the molecule is COc1cccc2c1OC[C@@H](NC(=O)c1cc(Cl)ccc1NS(=O)(=O)c1ccc(Oc3ccccc3Cl)cc1)C2. The van der Waals surface area contributed by atoms with Crippen LogP contribution >= 0.6 is 23.2 Å². The average Bonchev–Trinajstić information content (AvgIpc) is 2.95. The number of rotatable bonds is 8. The van der Waals surface area contributed by atoms with Crippen molar-refractivity contribution in [2.45, 2.75) is 17.4 Å². The molecule has 1 aliphatic rings. The Balaban J connectivity index is 1.31. The number of sulfonamides is 1. The maximum atomic E-state index is 13.3. The molecular formula is C29H24Cl2N2O6S. The number of carbonyl (C=O) groups is 1. The van der Waals surface area contributed by atoms with E-state index in [0.717, 1.165) is 5.56 Å². The molecule has 0 aromatic heterocycles. The number of methoxy groups -OCH3 is 1. The topological polar surface area (TPSA) is 103 Å². The maximum absolute atomic E-state index is 13.3. The van der Waals surface area contributed by atoms with E-state index in [9.17, 15) is 13.2 Å². The van der Waals surface area contributed by atoms with E-state index in [0.29, 0.717) is 34.4 Å². The Bertz CT molecular complexity index is 1660. The molecule has 8 nitrogen and oxygen atoms in total. The van der Waals surface area contributed by atoms with Gasteiger partial charge in [-0.15, -0.1) is 0 Å². The van der Waals surface area contributed by atoms with Crippen LogP contribution in [0.25, 0.3) is 0 Å². The van der Waals surface area contributed by atoms with Gasteiger partial charge in [-0.2, -0.15) is 0 Å². The van der Waals surface area contributed by atoms with Gasteiger partial charge in [0.25, 0.3) is 15.9 Å². The molecule has 40 heavy (non-hydrogen) atoms. The van der Waals surface area contributed by atoms with Gasteiger partial charge in [0.15, 0.2) is 11.5 Å². The Kier molecular flexibility index (Phi) is 8.07. The lowest BCUT2D eigenvalue weighted by atomic mass is 10.0. The van der Waals surface area contributed by atoms with Crippen LogP contribution in [0, 0.1) is 0 Å². The van der Waals surface area contributed by atoms with E-state index in [1.807, 2.05) is 18.2 Å². The minimum absolute atomic E-state index is 0.0217. The van der Waals surface area contributed by atoms with Gasteiger partial charge in [-0.25, -0.2) is 8.42 Å². The van der Waals surface area contributed by atoms with Crippen LogP contribution in [0.4, 0.5) is 5.69 Å². The molecule has 0 spiro atoms. The van der Waals surface area contributed by atoms with Gasteiger partial charge in [-0.3, -0.25) is 9.52 Å². The number of amides is 1. The highest BCUT2D eigenvalue weighted by Crippen LogP contribution is 2.35. The number of halogens is 2. The molecule has 5 rings (SSSR count). The summed E-state index contributed by atoms with van der Waals surface area (Å²) >= 11 is 12.3. The van der Waals surface area contributed by atoms with E-state index in [1.54, 1.807) is 31.4 Å². The van der Waals surface area contributed by atoms with E-state index in [2.05, 4.69) is 10.0 Å². The molecule has 206 valence electrons. The first-order valence-electron chi connectivity index (χ1n) is 12.2. The zero-order valence-electron chi connectivity index (χ0n) is 21.2. The molecule has 0 aliphatic carbocycles. The van der Waals surface area contributed by atoms with Crippen molar-refractivity contribution in [2.24, 2.45) is 0 Å². The highest BCUT2D eigenvalue weighted by molar-refractivity contribution is 7.92. The Morgan fingerprint density at radius 3 is 2.45 bits per heavy atom. The summed E-state index contributed by atoms with van der Waals surface area (Å²) in [6.07, 6.45) is 0.516. The maximum Gasteiger partial charge on any atom is 0.261 e. The molecule has 0 saturated carbocycles. The van der Waals surface area contributed by atoms with Crippen molar-refractivity contribution in [2.75, 3.05) is 18.4 Å². The van der Waals surface area contributed by atoms with E-state index >= 15 is 0 Å². The van der Waals surface area contributed by atoms with Crippen molar-refractivity contribution >= 4 is 44.8 Å². The monoisotopic (exact) mass is 598 g/mol. The van der Waals surface area contributed by atoms with Crippen LogP contribution < -0.4 is 24.2 Å². The Hall–Kier alpha value is -3.92. The fourth-order valence-corrected chi connectivity index (χ4v) is 5.68. The number of benzene rings is 4. The van der Waals surface area contributed by atoms with Crippen LogP contribution in [-0.2, 0) is 16.4 Å². The molecule has 0 radical (unpaired) electrons. The van der Waals surface area contributed by atoms with Crippen molar-refractivity contribution in [1.29, 1.82) is 0 Å². The molecular weight excluding hydrogens is 575 g/mol. The van der Waals surface area contributed by atoms with Crippen LogP contribution in [0.2, 0.25) is 10.0 Å². The van der Waals surface area contributed by atoms with Crippen LogP contribution in [-0.4, -0.2) is 34.1 Å². The summed E-state index contributed by atoms with van der Waals surface area (Å²) in [5.74, 6) is 1.63. The number of fused-ring (bicyclic) bond motifs is 1. The fraction of sp³-hybridized carbons (Fsp3) is 0.138. The third kappa shape index (κ3) is 6.12. The first-order chi connectivity index (χ1) is 19.2. The Morgan fingerprint density at radius 2 is 1.70 bits per heavy atom. The zero-order chi connectivity index (χ0) is 28.3. The average molecular weight is 599 g/mol. The van der Waals surface area contributed by atoms with Crippen molar-refractivity contribution < 1.29 is 27.4 Å². The summed E-state index contributed by atoms with van der Waals surface area (Å²) in [7, 11) is -2.49. The summed E-state index contributed by atoms with van der Waals surface area (Å²) in [6.45, 7) is 0.226. The molecule has 4 aromatic rings. The Labute approximate surface area is 241 Å². The molecule has 0 bridgehead atoms. The van der Waals surface area contributed by atoms with Gasteiger partial charge in [0.2, 0.25) is 0 Å². The summed E-state index contributed by atoms with van der Waals surface area (Å²) in [5, 5.41) is 3.63. The molecule has 11 heteroatoms. The van der Waals surface area contributed by atoms with E-state index < -0.39 is 15.9 Å². The fourth-order valence-electron chi connectivity index (χ4n) is 4.25. The van der Waals surface area contributed by atoms with E-state index in [-0.39, 0.29) is 33.8 Å². The van der Waals surface area contributed by atoms with Gasteiger partial charge >= 0.3 is 0 Å². The molecule has 1 aliphatic heterocycles. The molecule has 1 atom stereocenters. The van der Waals surface area contributed by atoms with Gasteiger partial charge < -0.3 is 19.5 Å². The minimum Gasteiger partial charge on any atom is -0.493 e. The summed E-state index contributed by atoms with van der Waals surface area (Å²) in [4.78, 5) is 13.3. The van der Waals surface area contributed by atoms with Gasteiger partial charge in [0, 0.05) is 10.6 Å². The number of para-hydroxylation sites is 2. The number of carbonyl (C=O) groups excluding carboxylic acids is 1. The molecule has 0 unspecified atom stereocenters. The molecule has 1 heterocycles. The van der Waals surface area contributed by atoms with Crippen molar-refractivity contribution in [3.8, 4) is 23.0 Å². The lowest BCUT2D eigenvalue weighted by molar-refractivity contribution is 0.0915. The quantitative estimate of drug-likeness (QED) is 0.246. The molecule has 1 amide bonds. The minimum atomic E-state index is -4.05. The van der Waals surface area contributed by atoms with Crippen LogP contribution in [0.1, 0.15) is 15.9 Å². The number of hydrogen-bond acceptors (Lipinski definition) is 6. The van der Waals surface area contributed by atoms with Gasteiger partial charge in [-0.1, -0.05) is 47.5 Å². The molecule has 4 aromatic carbocycles. The third-order valence-electron chi connectivity index (χ3n) is 6.18. The van der Waals surface area contributed by atoms with Crippen molar-refractivity contribution in [1.82, 2.24) is 5.32 Å². The largest absolute Gasteiger partial charge is 0.493 e. The van der Waals surface area contributed by atoms with E-state index in [1.165, 1.54) is 42.5 Å². The predicted molar refractivity (Wildman–Crippen MR) is 154 cm³/mol. The number of hydrogen-bond donors (Lipinski definition) is 2. The standard InChI is InChI=1S/C29H24Cl2N2O6S/c1-37-27-8-4-5-18-15-20(17-38-28(18)27)32-29(34)23-16-19(30)9-14-25(23)33-40(35,36)22-12-10-21(11-13-22)39-26-7-3-2-6-24(26)31/h2-14,16,20,33H,15,17H2,1H3,(H,32,34)/t20-/m0/s1. The highest BCUT2D eigenvalue weighted by atomic mass is 35.5. The smallest absolute Gasteiger partial charge is 0.261 e. The van der Waals surface area contributed by atoms with Gasteiger partial charge in [-0.05, 0) is 67.1 Å².